The van der Waals surface area contributed by atoms with Gasteiger partial charge in [-0.3, -0.25) is 9.69 Å². The van der Waals surface area contributed by atoms with Crippen LogP contribution >= 0.6 is 11.6 Å². The van der Waals surface area contributed by atoms with E-state index in [2.05, 4.69) is 42.5 Å². The van der Waals surface area contributed by atoms with Gasteiger partial charge in [0.2, 0.25) is 5.91 Å². The van der Waals surface area contributed by atoms with Gasteiger partial charge in [0.05, 0.1) is 0 Å². The van der Waals surface area contributed by atoms with E-state index in [0.717, 1.165) is 36.5 Å². The molecule has 2 aliphatic heterocycles. The molecule has 2 aromatic rings. The van der Waals surface area contributed by atoms with Crippen molar-refractivity contribution in [3.05, 3.63) is 34.5 Å². The number of carbonyl (C=O) groups is 1. The van der Waals surface area contributed by atoms with Crippen LogP contribution < -0.4 is 0 Å². The molecule has 1 amide bonds. The first-order chi connectivity index (χ1) is 12.5. The second kappa shape index (κ2) is 6.90. The van der Waals surface area contributed by atoms with Crippen LogP contribution in [0.2, 0.25) is 5.02 Å². The third-order valence-corrected chi connectivity index (χ3v) is 6.54. The number of fused-ring (bicyclic) bond motifs is 6. The summed E-state index contributed by atoms with van der Waals surface area (Å²) < 4.78 is 2.28. The smallest absolute Gasteiger partial charge is 0.242 e. The van der Waals surface area contributed by atoms with Crippen LogP contribution in [0, 0.1) is 0 Å². The molecule has 0 radical (unpaired) electrons. The summed E-state index contributed by atoms with van der Waals surface area (Å²) in [6.45, 7) is 6.22. The molecular weight excluding hydrogens is 346 g/mol. The Bertz CT molecular complexity index is 843. The van der Waals surface area contributed by atoms with Gasteiger partial charge in [-0.2, -0.15) is 0 Å². The van der Waals surface area contributed by atoms with Crippen LogP contribution in [0.5, 0.6) is 0 Å². The van der Waals surface area contributed by atoms with Gasteiger partial charge < -0.3 is 9.47 Å². The minimum atomic E-state index is 0.218. The number of carbonyl (C=O) groups excluding carboxylic acids is 1. The zero-order valence-corrected chi connectivity index (χ0v) is 16.7. The van der Waals surface area contributed by atoms with Crippen LogP contribution in [0.25, 0.3) is 10.9 Å². The molecule has 1 aromatic carbocycles. The molecule has 5 heteroatoms. The highest BCUT2D eigenvalue weighted by atomic mass is 35.5. The molecule has 2 aliphatic rings. The minimum Gasteiger partial charge on any atom is -0.341 e. The van der Waals surface area contributed by atoms with E-state index in [1.54, 1.807) is 0 Å². The van der Waals surface area contributed by atoms with E-state index in [-0.39, 0.29) is 5.91 Å². The molecule has 1 aromatic heterocycles. The Hall–Kier alpha value is -1.52. The standard InChI is InChI=1S/C21H28ClN3O/c1-4-10-24(5-2)20(26)13-25-17-8-6-14(22)11-16(17)21-18-9-7-15(23(18)3)12-19(21)25/h6,8,11,15,18H,4-5,7,9-10,12-13H2,1-3H3. The van der Waals surface area contributed by atoms with Crippen LogP contribution in [-0.2, 0) is 17.8 Å². The lowest BCUT2D eigenvalue weighted by molar-refractivity contribution is -0.131. The number of amides is 1. The highest BCUT2D eigenvalue weighted by Crippen LogP contribution is 2.47. The summed E-state index contributed by atoms with van der Waals surface area (Å²) in [5.41, 5.74) is 3.92. The van der Waals surface area contributed by atoms with Gasteiger partial charge in [-0.05, 0) is 57.0 Å². The monoisotopic (exact) mass is 373 g/mol. The van der Waals surface area contributed by atoms with Crippen molar-refractivity contribution in [1.29, 1.82) is 0 Å². The Kier molecular flexibility index (Phi) is 4.74. The van der Waals surface area contributed by atoms with Crippen molar-refractivity contribution in [1.82, 2.24) is 14.4 Å². The number of rotatable bonds is 5. The van der Waals surface area contributed by atoms with Crippen LogP contribution in [0.15, 0.2) is 18.2 Å². The van der Waals surface area contributed by atoms with Crippen molar-refractivity contribution in [3.8, 4) is 0 Å². The van der Waals surface area contributed by atoms with Gasteiger partial charge in [0.25, 0.3) is 0 Å². The molecule has 0 aliphatic carbocycles. The molecule has 140 valence electrons. The van der Waals surface area contributed by atoms with Gasteiger partial charge >= 0.3 is 0 Å². The molecule has 1 fully saturated rings. The SMILES string of the molecule is CCCN(CC)C(=O)Cn1c2c(c3cc(Cl)ccc31)C1CCC(C2)N1C. The van der Waals surface area contributed by atoms with Crippen molar-refractivity contribution in [2.24, 2.45) is 0 Å². The molecule has 0 N–H and O–H groups in total. The van der Waals surface area contributed by atoms with E-state index in [4.69, 9.17) is 11.6 Å². The van der Waals surface area contributed by atoms with Crippen LogP contribution in [0.3, 0.4) is 0 Å². The number of halogens is 1. The van der Waals surface area contributed by atoms with E-state index in [9.17, 15) is 4.79 Å². The molecule has 4 nitrogen and oxygen atoms in total. The maximum Gasteiger partial charge on any atom is 0.242 e. The number of hydrogen-bond acceptors (Lipinski definition) is 2. The largest absolute Gasteiger partial charge is 0.341 e. The summed E-state index contributed by atoms with van der Waals surface area (Å²) >= 11 is 6.33. The van der Waals surface area contributed by atoms with Crippen LogP contribution in [-0.4, -0.2) is 46.5 Å². The third-order valence-electron chi connectivity index (χ3n) is 6.30. The third kappa shape index (κ3) is 2.74. The second-order valence-electron chi connectivity index (χ2n) is 7.70. The Balaban J connectivity index is 1.81. The molecule has 1 saturated heterocycles. The van der Waals surface area contributed by atoms with Gasteiger partial charge in [0.15, 0.2) is 0 Å². The summed E-state index contributed by atoms with van der Waals surface area (Å²) in [5, 5.41) is 2.00. The average Bonchev–Trinajstić information content (AvgIpc) is 3.03. The summed E-state index contributed by atoms with van der Waals surface area (Å²) in [4.78, 5) is 17.4. The predicted octanol–water partition coefficient (Wildman–Crippen LogP) is 4.24. The molecule has 2 unspecified atom stereocenters. The fourth-order valence-corrected chi connectivity index (χ4v) is 5.14. The fraction of sp³-hybridized carbons (Fsp3) is 0.571. The van der Waals surface area contributed by atoms with Gasteiger partial charge in [0, 0.05) is 53.2 Å². The van der Waals surface area contributed by atoms with E-state index in [1.807, 2.05) is 11.0 Å². The van der Waals surface area contributed by atoms with Crippen LogP contribution in [0.1, 0.15) is 50.4 Å². The molecule has 0 saturated carbocycles. The normalized spacial score (nSPS) is 22.0. The molecule has 4 rings (SSSR count). The topological polar surface area (TPSA) is 28.5 Å². The van der Waals surface area contributed by atoms with Gasteiger partial charge in [-0.25, -0.2) is 0 Å². The van der Waals surface area contributed by atoms with Crippen LogP contribution in [0.4, 0.5) is 0 Å². The summed E-state index contributed by atoms with van der Waals surface area (Å²) in [6, 6.07) is 7.18. The summed E-state index contributed by atoms with van der Waals surface area (Å²) in [7, 11) is 2.24. The highest BCUT2D eigenvalue weighted by Gasteiger charge is 2.41. The molecular formula is C21H28ClN3O. The van der Waals surface area contributed by atoms with Crippen molar-refractivity contribution in [2.75, 3.05) is 20.1 Å². The number of nitrogens with zero attached hydrogens (tertiary/aromatic N) is 3. The molecule has 2 atom stereocenters. The summed E-state index contributed by atoms with van der Waals surface area (Å²) in [6.07, 6.45) is 4.46. The Morgan fingerprint density at radius 3 is 2.85 bits per heavy atom. The van der Waals surface area contributed by atoms with Crippen molar-refractivity contribution < 1.29 is 4.79 Å². The lowest BCUT2D eigenvalue weighted by atomic mass is 9.97. The lowest BCUT2D eigenvalue weighted by Gasteiger charge is -2.32. The zero-order valence-electron chi connectivity index (χ0n) is 16.0. The Morgan fingerprint density at radius 1 is 1.31 bits per heavy atom. The van der Waals surface area contributed by atoms with Gasteiger partial charge in [0.1, 0.15) is 6.54 Å². The van der Waals surface area contributed by atoms with E-state index >= 15 is 0 Å². The number of aromatic nitrogens is 1. The van der Waals surface area contributed by atoms with E-state index in [1.165, 1.54) is 29.5 Å². The quantitative estimate of drug-likeness (QED) is 0.784. The molecule has 26 heavy (non-hydrogen) atoms. The van der Waals surface area contributed by atoms with E-state index in [0.29, 0.717) is 18.6 Å². The lowest BCUT2D eigenvalue weighted by Crippen LogP contribution is -2.37. The molecule has 0 spiro atoms. The molecule has 2 bridgehead atoms. The zero-order chi connectivity index (χ0) is 18.4. The van der Waals surface area contributed by atoms with Crippen molar-refractivity contribution in [2.45, 2.75) is 58.2 Å². The number of hydrogen-bond donors (Lipinski definition) is 0. The second-order valence-corrected chi connectivity index (χ2v) is 8.13. The Morgan fingerprint density at radius 2 is 2.12 bits per heavy atom. The molecule has 3 heterocycles. The first-order valence-electron chi connectivity index (χ1n) is 9.85. The fourth-order valence-electron chi connectivity index (χ4n) is 4.97. The number of likely N-dealkylation sites (N-methyl/N-ethyl adjacent to an activating group) is 2. The van der Waals surface area contributed by atoms with Crippen molar-refractivity contribution >= 4 is 28.4 Å². The van der Waals surface area contributed by atoms with Crippen molar-refractivity contribution in [3.63, 3.8) is 0 Å². The maximum atomic E-state index is 12.9. The maximum absolute atomic E-state index is 12.9. The predicted molar refractivity (Wildman–Crippen MR) is 107 cm³/mol. The highest BCUT2D eigenvalue weighted by molar-refractivity contribution is 6.31. The first kappa shape index (κ1) is 17.9. The number of benzene rings is 1. The Labute approximate surface area is 160 Å². The minimum absolute atomic E-state index is 0.218. The first-order valence-corrected chi connectivity index (χ1v) is 10.2. The average molecular weight is 374 g/mol. The van der Waals surface area contributed by atoms with E-state index < -0.39 is 0 Å². The summed E-state index contributed by atoms with van der Waals surface area (Å²) in [5.74, 6) is 0.218. The van der Waals surface area contributed by atoms with Gasteiger partial charge in [-0.15, -0.1) is 0 Å². The van der Waals surface area contributed by atoms with Gasteiger partial charge in [-0.1, -0.05) is 18.5 Å².